The lowest BCUT2D eigenvalue weighted by Gasteiger charge is -2.35. The number of aryl methyl sites for hydroxylation is 1. The second kappa shape index (κ2) is 7.72. The lowest BCUT2D eigenvalue weighted by Crippen LogP contribution is -2.29. The first-order valence-corrected chi connectivity index (χ1v) is 10.3. The number of hydrogen-bond donors (Lipinski definition) is 2. The van der Waals surface area contributed by atoms with Crippen LogP contribution >= 0.6 is 0 Å². The number of allylic oxidation sites excluding steroid dienone is 5. The van der Waals surface area contributed by atoms with Crippen LogP contribution < -0.4 is 11.5 Å². The molecule has 3 aromatic rings. The van der Waals surface area contributed by atoms with Crippen molar-refractivity contribution < 1.29 is 0 Å². The third kappa shape index (κ3) is 2.96. The average Bonchev–Trinajstić information content (AvgIpc) is 3.04. The molecule has 30 heavy (non-hydrogen) atoms. The van der Waals surface area contributed by atoms with Crippen LogP contribution in [0.1, 0.15) is 36.1 Å². The Morgan fingerprint density at radius 2 is 1.47 bits per heavy atom. The molecule has 4 rings (SSSR count). The van der Waals surface area contributed by atoms with Crippen molar-refractivity contribution in [3.8, 4) is 11.1 Å². The molecule has 0 radical (unpaired) electrons. The standard InChI is InChI=1S/C28H28N2/c1-19(2)17-21(9-8-16-29)28(22-14-15-27(30)20(3)18-22)25-12-6-4-10-23(25)24-11-5-7-13-26(24)28/h4-18H,29-30H2,1-3H3/b16-8+,21-9+. The maximum atomic E-state index is 6.20. The molecule has 0 fully saturated rings. The van der Waals surface area contributed by atoms with Crippen molar-refractivity contribution in [3.63, 3.8) is 0 Å². The quantitative estimate of drug-likeness (QED) is 0.407. The maximum absolute atomic E-state index is 6.20. The van der Waals surface area contributed by atoms with Gasteiger partial charge in [0.1, 0.15) is 0 Å². The van der Waals surface area contributed by atoms with Gasteiger partial charge < -0.3 is 11.5 Å². The van der Waals surface area contributed by atoms with Crippen molar-refractivity contribution in [2.75, 3.05) is 5.73 Å². The Kier molecular flexibility index (Phi) is 5.09. The Bertz CT molecular complexity index is 1150. The molecule has 0 spiro atoms. The topological polar surface area (TPSA) is 52.0 Å². The molecule has 0 aromatic heterocycles. The fourth-order valence-electron chi connectivity index (χ4n) is 4.68. The van der Waals surface area contributed by atoms with Crippen molar-refractivity contribution in [2.24, 2.45) is 5.73 Å². The first-order chi connectivity index (χ1) is 14.5. The summed E-state index contributed by atoms with van der Waals surface area (Å²) >= 11 is 0. The fraction of sp³-hybridized carbons (Fsp3) is 0.143. The van der Waals surface area contributed by atoms with E-state index in [-0.39, 0.29) is 0 Å². The first-order valence-electron chi connectivity index (χ1n) is 10.3. The minimum Gasteiger partial charge on any atom is -0.405 e. The van der Waals surface area contributed by atoms with Crippen molar-refractivity contribution >= 4 is 5.69 Å². The highest BCUT2D eigenvalue weighted by Gasteiger charge is 2.46. The summed E-state index contributed by atoms with van der Waals surface area (Å²) in [5.41, 5.74) is 22.1. The molecule has 150 valence electrons. The zero-order valence-electron chi connectivity index (χ0n) is 17.8. The smallest absolute Gasteiger partial charge is 0.0713 e. The van der Waals surface area contributed by atoms with Gasteiger partial charge in [-0.3, -0.25) is 0 Å². The molecule has 1 aliphatic rings. The lowest BCUT2D eigenvalue weighted by atomic mass is 9.66. The highest BCUT2D eigenvalue weighted by Crippen LogP contribution is 2.56. The van der Waals surface area contributed by atoms with E-state index in [1.165, 1.54) is 39.0 Å². The highest BCUT2D eigenvalue weighted by molar-refractivity contribution is 5.87. The van der Waals surface area contributed by atoms with Gasteiger partial charge >= 0.3 is 0 Å². The van der Waals surface area contributed by atoms with Crippen molar-refractivity contribution in [1.29, 1.82) is 0 Å². The predicted octanol–water partition coefficient (Wildman–Crippen LogP) is 6.26. The Morgan fingerprint density at radius 1 is 0.867 bits per heavy atom. The van der Waals surface area contributed by atoms with Crippen LogP contribution in [0.25, 0.3) is 11.1 Å². The number of hydrogen-bond acceptors (Lipinski definition) is 2. The summed E-state index contributed by atoms with van der Waals surface area (Å²) in [6.07, 6.45) is 7.92. The second-order valence-corrected chi connectivity index (χ2v) is 8.14. The number of benzene rings is 3. The summed E-state index contributed by atoms with van der Waals surface area (Å²) in [5, 5.41) is 0. The number of anilines is 1. The zero-order valence-corrected chi connectivity index (χ0v) is 17.8. The van der Waals surface area contributed by atoms with Crippen LogP contribution in [-0.4, -0.2) is 0 Å². The van der Waals surface area contributed by atoms with Gasteiger partial charge in [0.2, 0.25) is 0 Å². The van der Waals surface area contributed by atoms with Crippen LogP contribution in [-0.2, 0) is 5.41 Å². The van der Waals surface area contributed by atoms with E-state index in [0.717, 1.165) is 11.3 Å². The number of rotatable bonds is 4. The summed E-state index contributed by atoms with van der Waals surface area (Å²) in [7, 11) is 0. The van der Waals surface area contributed by atoms with Crippen LogP contribution in [0.5, 0.6) is 0 Å². The van der Waals surface area contributed by atoms with Crippen LogP contribution in [0.3, 0.4) is 0 Å². The lowest BCUT2D eigenvalue weighted by molar-refractivity contribution is 0.764. The molecule has 0 heterocycles. The molecule has 0 bridgehead atoms. The van der Waals surface area contributed by atoms with Gasteiger partial charge in [-0.2, -0.15) is 0 Å². The molecular weight excluding hydrogens is 364 g/mol. The van der Waals surface area contributed by atoms with Gasteiger partial charge in [0.05, 0.1) is 5.41 Å². The summed E-state index contributed by atoms with van der Waals surface area (Å²) in [5.74, 6) is 0. The molecular formula is C28H28N2. The van der Waals surface area contributed by atoms with Gasteiger partial charge in [0.15, 0.2) is 0 Å². The minimum absolute atomic E-state index is 0.442. The Morgan fingerprint density at radius 3 is 2.00 bits per heavy atom. The molecule has 1 aliphatic carbocycles. The van der Waals surface area contributed by atoms with Gasteiger partial charge in [-0.05, 0) is 78.1 Å². The Hall–Kier alpha value is -3.52. The zero-order chi connectivity index (χ0) is 21.3. The van der Waals surface area contributed by atoms with E-state index in [9.17, 15) is 0 Å². The maximum Gasteiger partial charge on any atom is 0.0713 e. The van der Waals surface area contributed by atoms with Crippen molar-refractivity contribution in [2.45, 2.75) is 26.2 Å². The highest BCUT2D eigenvalue weighted by atomic mass is 14.6. The summed E-state index contributed by atoms with van der Waals surface area (Å²) in [6.45, 7) is 6.34. The third-order valence-corrected chi connectivity index (χ3v) is 5.92. The summed E-state index contributed by atoms with van der Waals surface area (Å²) < 4.78 is 0. The normalized spacial score (nSPS) is 14.4. The number of fused-ring (bicyclic) bond motifs is 3. The van der Waals surface area contributed by atoms with E-state index < -0.39 is 5.41 Å². The molecule has 0 atom stereocenters. The SMILES string of the molecule is CC(C)=C/C(=C\C=C\N)C1(c2ccc(N)c(C)c2)c2ccccc2-c2ccccc21. The van der Waals surface area contributed by atoms with Crippen molar-refractivity contribution in [3.05, 3.63) is 125 Å². The van der Waals surface area contributed by atoms with Gasteiger partial charge in [0.25, 0.3) is 0 Å². The van der Waals surface area contributed by atoms with Crippen LogP contribution in [0.4, 0.5) is 5.69 Å². The molecule has 0 saturated heterocycles. The third-order valence-electron chi connectivity index (χ3n) is 5.92. The predicted molar refractivity (Wildman–Crippen MR) is 128 cm³/mol. The average molecular weight is 393 g/mol. The molecule has 4 N–H and O–H groups in total. The van der Waals surface area contributed by atoms with Crippen LogP contribution in [0, 0.1) is 6.92 Å². The second-order valence-electron chi connectivity index (χ2n) is 8.14. The largest absolute Gasteiger partial charge is 0.405 e. The summed E-state index contributed by atoms with van der Waals surface area (Å²) in [6, 6.07) is 23.8. The molecule has 0 unspecified atom stereocenters. The van der Waals surface area contributed by atoms with Crippen LogP contribution in [0.15, 0.2) is 102 Å². The molecule has 0 amide bonds. The van der Waals surface area contributed by atoms with E-state index in [1.54, 1.807) is 6.20 Å². The van der Waals surface area contributed by atoms with Gasteiger partial charge in [-0.15, -0.1) is 0 Å². The van der Waals surface area contributed by atoms with E-state index in [1.807, 2.05) is 12.1 Å². The first kappa shape index (κ1) is 19.8. The monoisotopic (exact) mass is 392 g/mol. The van der Waals surface area contributed by atoms with Gasteiger partial charge in [-0.25, -0.2) is 0 Å². The van der Waals surface area contributed by atoms with Crippen molar-refractivity contribution in [1.82, 2.24) is 0 Å². The van der Waals surface area contributed by atoms with Gasteiger partial charge in [0, 0.05) is 5.69 Å². The molecule has 2 heteroatoms. The minimum atomic E-state index is -0.442. The summed E-state index contributed by atoms with van der Waals surface area (Å²) in [4.78, 5) is 0. The van der Waals surface area contributed by atoms with E-state index >= 15 is 0 Å². The molecule has 3 aromatic carbocycles. The fourth-order valence-corrected chi connectivity index (χ4v) is 4.68. The van der Waals surface area contributed by atoms with E-state index in [2.05, 4.69) is 93.6 Å². The van der Waals surface area contributed by atoms with Gasteiger partial charge in [-0.1, -0.05) is 78.4 Å². The number of nitrogen functional groups attached to an aromatic ring is 1. The van der Waals surface area contributed by atoms with Crippen LogP contribution in [0.2, 0.25) is 0 Å². The molecule has 0 saturated carbocycles. The van der Waals surface area contributed by atoms with E-state index in [4.69, 9.17) is 11.5 Å². The number of nitrogens with two attached hydrogens (primary N) is 2. The molecule has 0 aliphatic heterocycles. The molecule has 2 nitrogen and oxygen atoms in total. The van der Waals surface area contributed by atoms with E-state index in [0.29, 0.717) is 0 Å². The Balaban J connectivity index is 2.20. The Labute approximate surface area is 179 Å².